The zero-order valence-electron chi connectivity index (χ0n) is 7.84. The molecule has 0 unspecified atom stereocenters. The number of carbonyl (C=O) groups excluding carboxylic acids is 2. The van der Waals surface area contributed by atoms with Crippen molar-refractivity contribution in [3.05, 3.63) is 30.0 Å². The van der Waals surface area contributed by atoms with E-state index in [9.17, 15) is 9.59 Å². The highest BCUT2D eigenvalue weighted by atomic mass is 16.6. The van der Waals surface area contributed by atoms with E-state index in [0.717, 1.165) is 6.08 Å². The first-order chi connectivity index (χ1) is 7.70. The summed E-state index contributed by atoms with van der Waals surface area (Å²) < 4.78 is 9.58. The van der Waals surface area contributed by atoms with E-state index < -0.39 is 17.5 Å². The second-order valence-electron chi connectivity index (χ2n) is 2.79. The molecule has 0 atom stereocenters. The summed E-state index contributed by atoms with van der Waals surface area (Å²) in [7, 11) is 0. The fourth-order valence-corrected chi connectivity index (χ4v) is 1.06. The average Bonchev–Trinajstić information content (AvgIpc) is 2.26. The first-order valence-corrected chi connectivity index (χ1v) is 4.21. The Morgan fingerprint density at radius 2 is 2.12 bits per heavy atom. The molecule has 2 rings (SSSR count). The van der Waals surface area contributed by atoms with Crippen molar-refractivity contribution in [3.63, 3.8) is 0 Å². The third kappa shape index (κ3) is 1.74. The number of nitriles is 1. The monoisotopic (exact) mass is 216 g/mol. The molecule has 0 amide bonds. The smallest absolute Gasteiger partial charge is 0.354 e. The van der Waals surface area contributed by atoms with Gasteiger partial charge in [-0.25, -0.2) is 14.6 Å². The van der Waals surface area contributed by atoms with Crippen LogP contribution in [0.5, 0.6) is 11.6 Å². The van der Waals surface area contributed by atoms with E-state index in [1.165, 1.54) is 18.3 Å². The number of aromatic nitrogens is 1. The fraction of sp³-hybridized carbons (Fsp3) is 0. The maximum Gasteiger partial charge on any atom is 0.354 e. The molecule has 0 aliphatic carbocycles. The molecule has 1 aliphatic heterocycles. The zero-order chi connectivity index (χ0) is 11.5. The van der Waals surface area contributed by atoms with E-state index in [2.05, 4.69) is 4.98 Å². The number of esters is 2. The van der Waals surface area contributed by atoms with Crippen LogP contribution >= 0.6 is 0 Å². The van der Waals surface area contributed by atoms with Crippen molar-refractivity contribution in [2.75, 3.05) is 0 Å². The highest BCUT2D eigenvalue weighted by Gasteiger charge is 2.21. The summed E-state index contributed by atoms with van der Waals surface area (Å²) >= 11 is 0. The van der Waals surface area contributed by atoms with Gasteiger partial charge in [0.15, 0.2) is 5.75 Å². The minimum Gasteiger partial charge on any atom is -0.417 e. The Labute approximate surface area is 89.7 Å². The molecule has 78 valence electrons. The number of pyridine rings is 1. The molecule has 0 N–H and O–H groups in total. The van der Waals surface area contributed by atoms with Crippen molar-refractivity contribution < 1.29 is 19.1 Å². The van der Waals surface area contributed by atoms with Crippen molar-refractivity contribution in [1.82, 2.24) is 4.98 Å². The highest BCUT2D eigenvalue weighted by Crippen LogP contribution is 2.25. The topological polar surface area (TPSA) is 89.3 Å². The SMILES string of the molecule is N#C/C1=C\C(=O)Oc2ncccc2OC1=O. The Kier molecular flexibility index (Phi) is 2.36. The van der Waals surface area contributed by atoms with Gasteiger partial charge in [0.2, 0.25) is 0 Å². The van der Waals surface area contributed by atoms with Crippen molar-refractivity contribution in [3.8, 4) is 17.7 Å². The number of rotatable bonds is 0. The van der Waals surface area contributed by atoms with Crippen LogP contribution in [0.3, 0.4) is 0 Å². The van der Waals surface area contributed by atoms with Crippen LogP contribution in [-0.2, 0) is 9.59 Å². The lowest BCUT2D eigenvalue weighted by atomic mass is 10.2. The molecule has 0 spiro atoms. The molecule has 0 aromatic carbocycles. The molecule has 0 fully saturated rings. The summed E-state index contributed by atoms with van der Waals surface area (Å²) in [4.78, 5) is 26.3. The van der Waals surface area contributed by atoms with Crippen LogP contribution in [0.4, 0.5) is 0 Å². The Morgan fingerprint density at radius 1 is 1.31 bits per heavy atom. The maximum atomic E-state index is 11.4. The molecule has 2 heterocycles. The lowest BCUT2D eigenvalue weighted by Crippen LogP contribution is -2.18. The largest absolute Gasteiger partial charge is 0.417 e. The summed E-state index contributed by atoms with van der Waals surface area (Å²) in [5.41, 5.74) is -0.417. The van der Waals surface area contributed by atoms with Crippen LogP contribution in [0.25, 0.3) is 0 Å². The van der Waals surface area contributed by atoms with Crippen LogP contribution in [0.1, 0.15) is 0 Å². The predicted molar refractivity (Wildman–Crippen MR) is 49.2 cm³/mol. The van der Waals surface area contributed by atoms with Crippen LogP contribution in [0.2, 0.25) is 0 Å². The van der Waals surface area contributed by atoms with Crippen LogP contribution in [0, 0.1) is 11.3 Å². The third-order valence-electron chi connectivity index (χ3n) is 1.74. The summed E-state index contributed by atoms with van der Waals surface area (Å²) in [6, 6.07) is 4.47. The fourth-order valence-electron chi connectivity index (χ4n) is 1.06. The van der Waals surface area contributed by atoms with E-state index in [-0.39, 0.29) is 11.6 Å². The van der Waals surface area contributed by atoms with Crippen LogP contribution in [0.15, 0.2) is 30.0 Å². The number of fused-ring (bicyclic) bond motifs is 1. The minimum atomic E-state index is -0.909. The normalized spacial score (nSPS) is 17.8. The molecule has 0 saturated heterocycles. The first-order valence-electron chi connectivity index (χ1n) is 4.21. The predicted octanol–water partition coefficient (Wildman–Crippen LogP) is 0.356. The summed E-state index contributed by atoms with van der Waals surface area (Å²) in [6.45, 7) is 0. The Bertz CT molecular complexity index is 542. The van der Waals surface area contributed by atoms with Crippen molar-refractivity contribution in [1.29, 1.82) is 5.26 Å². The molecule has 6 heteroatoms. The van der Waals surface area contributed by atoms with Crippen molar-refractivity contribution in [2.45, 2.75) is 0 Å². The first kappa shape index (κ1) is 9.86. The standard InChI is InChI=1S/C10H4N2O4/c11-5-6-4-8(13)16-9-7(15-10(6)14)2-1-3-12-9/h1-4H/b6-4+. The number of ether oxygens (including phenoxy) is 2. The molecule has 0 saturated carbocycles. The van der Waals surface area contributed by atoms with Gasteiger partial charge in [0.1, 0.15) is 11.6 Å². The zero-order valence-corrected chi connectivity index (χ0v) is 7.84. The van der Waals surface area contributed by atoms with Crippen molar-refractivity contribution >= 4 is 11.9 Å². The van der Waals surface area contributed by atoms with E-state index in [4.69, 9.17) is 14.7 Å². The Balaban J connectivity index is 2.48. The second-order valence-corrected chi connectivity index (χ2v) is 2.79. The maximum absolute atomic E-state index is 11.4. The van der Waals surface area contributed by atoms with E-state index >= 15 is 0 Å². The summed E-state index contributed by atoms with van der Waals surface area (Å²) in [5.74, 6) is -1.85. The van der Waals surface area contributed by atoms with Crippen LogP contribution in [-0.4, -0.2) is 16.9 Å². The van der Waals surface area contributed by atoms with Gasteiger partial charge in [-0.3, -0.25) is 0 Å². The molecular weight excluding hydrogens is 212 g/mol. The molecule has 0 bridgehead atoms. The Hall–Kier alpha value is -2.68. The minimum absolute atomic E-state index is 0.00157. The van der Waals surface area contributed by atoms with Gasteiger partial charge in [-0.15, -0.1) is 0 Å². The molecule has 1 aliphatic rings. The van der Waals surface area contributed by atoms with Gasteiger partial charge in [0, 0.05) is 12.3 Å². The lowest BCUT2D eigenvalue weighted by molar-refractivity contribution is -0.134. The van der Waals surface area contributed by atoms with Gasteiger partial charge >= 0.3 is 11.9 Å². The molecule has 1 aromatic rings. The summed E-state index contributed by atoms with van der Waals surface area (Å²) in [6.07, 6.45) is 2.15. The number of carbonyl (C=O) groups is 2. The average molecular weight is 216 g/mol. The van der Waals surface area contributed by atoms with Gasteiger partial charge in [-0.2, -0.15) is 5.26 Å². The Morgan fingerprint density at radius 3 is 2.88 bits per heavy atom. The van der Waals surface area contributed by atoms with Gasteiger partial charge in [-0.05, 0) is 12.1 Å². The second kappa shape index (κ2) is 3.82. The number of hydrogen-bond acceptors (Lipinski definition) is 6. The van der Waals surface area contributed by atoms with E-state index in [1.807, 2.05) is 0 Å². The third-order valence-corrected chi connectivity index (χ3v) is 1.74. The molecule has 16 heavy (non-hydrogen) atoms. The number of nitrogens with zero attached hydrogens (tertiary/aromatic N) is 2. The van der Waals surface area contributed by atoms with Gasteiger partial charge in [-0.1, -0.05) is 0 Å². The molecule has 6 nitrogen and oxygen atoms in total. The van der Waals surface area contributed by atoms with E-state index in [0.29, 0.717) is 0 Å². The van der Waals surface area contributed by atoms with E-state index in [1.54, 1.807) is 6.07 Å². The highest BCUT2D eigenvalue weighted by molar-refractivity contribution is 6.01. The molecule has 1 aromatic heterocycles. The van der Waals surface area contributed by atoms with Gasteiger partial charge < -0.3 is 9.47 Å². The van der Waals surface area contributed by atoms with Crippen molar-refractivity contribution in [2.24, 2.45) is 0 Å². The quantitative estimate of drug-likeness (QED) is 0.581. The summed E-state index contributed by atoms with van der Waals surface area (Å²) in [5, 5.41) is 8.60. The molecular formula is C10H4N2O4. The number of hydrogen-bond donors (Lipinski definition) is 0. The van der Waals surface area contributed by atoms with Crippen LogP contribution < -0.4 is 9.47 Å². The molecule has 0 radical (unpaired) electrons. The lowest BCUT2D eigenvalue weighted by Gasteiger charge is -2.10. The van der Waals surface area contributed by atoms with Gasteiger partial charge in [0.25, 0.3) is 5.88 Å². The van der Waals surface area contributed by atoms with Gasteiger partial charge in [0.05, 0.1) is 0 Å².